The Balaban J connectivity index is 3.42. The van der Waals surface area contributed by atoms with Crippen molar-refractivity contribution < 1.29 is 18.1 Å². The maximum absolute atomic E-state index is 10.9. The number of methoxy groups -OCH3 is 1. The van der Waals surface area contributed by atoms with Crippen molar-refractivity contribution in [2.45, 2.75) is 4.90 Å². The van der Waals surface area contributed by atoms with Gasteiger partial charge >= 0.3 is 5.69 Å². The second-order valence-corrected chi connectivity index (χ2v) is 4.96. The minimum Gasteiger partial charge on any atom is -0.476 e. The maximum Gasteiger partial charge on any atom is 0.332 e. The van der Waals surface area contributed by atoms with Gasteiger partial charge in [-0.1, -0.05) is 0 Å². The van der Waals surface area contributed by atoms with Gasteiger partial charge in [0, 0.05) is 16.7 Å². The third-order valence-corrected chi connectivity index (χ3v) is 2.80. The van der Waals surface area contributed by atoms with Gasteiger partial charge in [-0.2, -0.15) is 0 Å². The molecule has 0 radical (unpaired) electrons. The van der Waals surface area contributed by atoms with E-state index in [0.29, 0.717) is 0 Å². The quantitative estimate of drug-likeness (QED) is 0.451. The molecule has 0 atom stereocenters. The van der Waals surface area contributed by atoms with Crippen molar-refractivity contribution in [3.63, 3.8) is 0 Å². The average molecular weight is 253 g/mol. The summed E-state index contributed by atoms with van der Waals surface area (Å²) in [7, 11) is 2.15. The summed E-state index contributed by atoms with van der Waals surface area (Å²) in [5.74, 6) is -0.274. The van der Waals surface area contributed by atoms with Crippen LogP contribution in [0.5, 0.6) is 5.88 Å². The molecule has 1 heterocycles. The molecule has 9 heteroatoms. The molecule has 1 aromatic heterocycles. The Bertz CT molecular complexity index is 500. The summed E-state index contributed by atoms with van der Waals surface area (Å²) in [6.07, 6.45) is 0.883. The first-order valence-electron chi connectivity index (χ1n) is 3.49. The van der Waals surface area contributed by atoms with E-state index < -0.39 is 24.6 Å². The van der Waals surface area contributed by atoms with E-state index in [1.807, 2.05) is 0 Å². The van der Waals surface area contributed by atoms with E-state index in [9.17, 15) is 18.5 Å². The molecule has 0 aliphatic heterocycles. The van der Waals surface area contributed by atoms with Gasteiger partial charge < -0.3 is 4.74 Å². The summed E-state index contributed by atoms with van der Waals surface area (Å²) in [6, 6.07) is 0.786. The number of hydrogen-bond donors (Lipinski definition) is 0. The molecule has 0 spiro atoms. The highest BCUT2D eigenvalue weighted by Crippen LogP contribution is 2.27. The first-order valence-corrected chi connectivity index (χ1v) is 5.80. The average Bonchev–Trinajstić information content (AvgIpc) is 2.15. The number of pyridine rings is 1. The molecule has 0 aliphatic carbocycles. The van der Waals surface area contributed by atoms with Gasteiger partial charge in [-0.25, -0.2) is 13.4 Å². The van der Waals surface area contributed by atoms with Crippen LogP contribution >= 0.6 is 10.7 Å². The van der Waals surface area contributed by atoms with Gasteiger partial charge in [0.2, 0.25) is 0 Å². The molecule has 0 amide bonds. The SMILES string of the molecule is COc1ncc(S(=O)(=O)Cl)cc1[N+](=O)[O-]. The number of ether oxygens (including phenoxy) is 1. The van der Waals surface area contributed by atoms with Crippen LogP contribution in [0.25, 0.3) is 0 Å². The minimum atomic E-state index is -4.03. The monoisotopic (exact) mass is 252 g/mol. The van der Waals surface area contributed by atoms with E-state index in [4.69, 9.17) is 10.7 Å². The summed E-state index contributed by atoms with van der Waals surface area (Å²) in [5.41, 5.74) is -0.556. The fourth-order valence-corrected chi connectivity index (χ4v) is 1.53. The van der Waals surface area contributed by atoms with Crippen LogP contribution in [0.3, 0.4) is 0 Å². The van der Waals surface area contributed by atoms with Crippen molar-refractivity contribution in [3.05, 3.63) is 22.4 Å². The van der Waals surface area contributed by atoms with Gasteiger partial charge in [-0.05, 0) is 0 Å². The topological polar surface area (TPSA) is 99.4 Å². The third-order valence-electron chi connectivity index (χ3n) is 1.48. The van der Waals surface area contributed by atoms with E-state index in [1.165, 1.54) is 7.11 Å². The minimum absolute atomic E-state index is 0.274. The van der Waals surface area contributed by atoms with Gasteiger partial charge in [0.25, 0.3) is 14.9 Å². The fourth-order valence-electron chi connectivity index (χ4n) is 0.844. The maximum atomic E-state index is 10.9. The molecular weight excluding hydrogens is 248 g/mol. The number of rotatable bonds is 3. The van der Waals surface area contributed by atoms with Crippen LogP contribution in [0.15, 0.2) is 17.2 Å². The Morgan fingerprint density at radius 3 is 2.60 bits per heavy atom. The Kier molecular flexibility index (Phi) is 3.10. The summed E-state index contributed by atoms with van der Waals surface area (Å²) in [4.78, 5) is 12.7. The Morgan fingerprint density at radius 1 is 1.60 bits per heavy atom. The lowest BCUT2D eigenvalue weighted by molar-refractivity contribution is -0.386. The smallest absolute Gasteiger partial charge is 0.332 e. The van der Waals surface area contributed by atoms with Crippen molar-refractivity contribution >= 4 is 25.4 Å². The zero-order valence-corrected chi connectivity index (χ0v) is 8.95. The van der Waals surface area contributed by atoms with Crippen molar-refractivity contribution in [1.29, 1.82) is 0 Å². The van der Waals surface area contributed by atoms with E-state index in [1.54, 1.807) is 0 Å². The molecule has 0 saturated carbocycles. The van der Waals surface area contributed by atoms with Crippen molar-refractivity contribution in [2.75, 3.05) is 7.11 Å². The standard InChI is InChI=1S/C6H5ClN2O5S/c1-14-6-5(9(10)11)2-4(3-8-6)15(7,12)13/h2-3H,1H3. The Morgan fingerprint density at radius 2 is 2.20 bits per heavy atom. The molecule has 15 heavy (non-hydrogen) atoms. The summed E-state index contributed by atoms with van der Waals surface area (Å²) < 4.78 is 26.3. The number of hydrogen-bond acceptors (Lipinski definition) is 6. The summed E-state index contributed by atoms with van der Waals surface area (Å²) in [5, 5.41) is 10.5. The lowest BCUT2D eigenvalue weighted by Crippen LogP contribution is -1.99. The van der Waals surface area contributed by atoms with Crippen LogP contribution in [0.2, 0.25) is 0 Å². The number of aromatic nitrogens is 1. The molecule has 1 rings (SSSR count). The molecule has 1 aromatic rings. The molecule has 0 saturated heterocycles. The molecule has 0 unspecified atom stereocenters. The molecular formula is C6H5ClN2O5S. The third kappa shape index (κ3) is 2.54. The second kappa shape index (κ2) is 3.99. The van der Waals surface area contributed by atoms with Crippen molar-refractivity contribution in [3.8, 4) is 5.88 Å². The molecule has 82 valence electrons. The van der Waals surface area contributed by atoms with Crippen LogP contribution in [0.4, 0.5) is 5.69 Å². The summed E-state index contributed by atoms with van der Waals surface area (Å²) in [6.45, 7) is 0. The lowest BCUT2D eigenvalue weighted by Gasteiger charge is -2.01. The first-order chi connectivity index (χ1) is 6.86. The first kappa shape index (κ1) is 11.7. The second-order valence-electron chi connectivity index (χ2n) is 2.39. The molecule has 7 nitrogen and oxygen atoms in total. The van der Waals surface area contributed by atoms with Gasteiger partial charge in [-0.15, -0.1) is 0 Å². The number of halogens is 1. The molecule has 0 aliphatic rings. The van der Waals surface area contributed by atoms with Crippen LogP contribution in [0, 0.1) is 10.1 Å². The Labute approximate surface area is 89.2 Å². The van der Waals surface area contributed by atoms with Gasteiger partial charge in [0.15, 0.2) is 0 Å². The fraction of sp³-hybridized carbons (Fsp3) is 0.167. The number of nitro groups is 1. The van der Waals surface area contributed by atoms with Crippen molar-refractivity contribution in [1.82, 2.24) is 4.98 Å². The van der Waals surface area contributed by atoms with Crippen LogP contribution in [-0.4, -0.2) is 25.4 Å². The summed E-state index contributed by atoms with van der Waals surface area (Å²) >= 11 is 0. The highest BCUT2D eigenvalue weighted by molar-refractivity contribution is 8.13. The highest BCUT2D eigenvalue weighted by Gasteiger charge is 2.21. The number of nitrogens with zero attached hydrogens (tertiary/aromatic N) is 2. The molecule has 0 aromatic carbocycles. The zero-order valence-electron chi connectivity index (χ0n) is 7.38. The largest absolute Gasteiger partial charge is 0.476 e. The van der Waals surface area contributed by atoms with Crippen LogP contribution in [-0.2, 0) is 9.05 Å². The van der Waals surface area contributed by atoms with Crippen LogP contribution < -0.4 is 4.74 Å². The van der Waals surface area contributed by atoms with E-state index in [-0.39, 0.29) is 5.88 Å². The van der Waals surface area contributed by atoms with Gasteiger partial charge in [0.1, 0.15) is 4.90 Å². The molecule has 0 bridgehead atoms. The normalized spacial score (nSPS) is 11.1. The zero-order chi connectivity index (χ0) is 11.6. The van der Waals surface area contributed by atoms with Crippen molar-refractivity contribution in [2.24, 2.45) is 0 Å². The van der Waals surface area contributed by atoms with E-state index in [2.05, 4.69) is 9.72 Å². The predicted octanol–water partition coefficient (Wildman–Crippen LogP) is 0.926. The molecule has 0 N–H and O–H groups in total. The van der Waals surface area contributed by atoms with Gasteiger partial charge in [-0.3, -0.25) is 10.1 Å². The Hall–Kier alpha value is -1.41. The molecule has 0 fully saturated rings. The van der Waals surface area contributed by atoms with Crippen LogP contribution in [0.1, 0.15) is 0 Å². The highest BCUT2D eigenvalue weighted by atomic mass is 35.7. The predicted molar refractivity (Wildman–Crippen MR) is 50.5 cm³/mol. The lowest BCUT2D eigenvalue weighted by atomic mass is 10.4. The van der Waals surface area contributed by atoms with E-state index in [0.717, 1.165) is 12.3 Å². The van der Waals surface area contributed by atoms with E-state index >= 15 is 0 Å². The van der Waals surface area contributed by atoms with Gasteiger partial charge in [0.05, 0.1) is 18.2 Å².